The predicted molar refractivity (Wildman–Crippen MR) is 95.0 cm³/mol. The molecule has 2 aromatic rings. The summed E-state index contributed by atoms with van der Waals surface area (Å²) < 4.78 is 7.77. The number of aryl methyl sites for hydroxylation is 2. The van der Waals surface area contributed by atoms with Crippen LogP contribution in [0, 0.1) is 20.8 Å². The lowest BCUT2D eigenvalue weighted by atomic mass is 10.1. The third-order valence-corrected chi connectivity index (χ3v) is 5.23. The molecule has 3 rings (SSSR count). The summed E-state index contributed by atoms with van der Waals surface area (Å²) in [7, 11) is 0. The predicted octanol–water partition coefficient (Wildman–Crippen LogP) is 2.44. The maximum Gasteiger partial charge on any atom is 0.142 e. The lowest BCUT2D eigenvalue weighted by Crippen LogP contribution is -2.38. The summed E-state index contributed by atoms with van der Waals surface area (Å²) in [6, 6.07) is 0. The minimum absolute atomic E-state index is 0.842. The van der Waals surface area contributed by atoms with Gasteiger partial charge in [0.25, 0.3) is 0 Å². The number of anilines is 1. The molecule has 5 nitrogen and oxygen atoms in total. The fourth-order valence-electron chi connectivity index (χ4n) is 3.52. The largest absolute Gasteiger partial charge is 0.398 e. The fourth-order valence-corrected chi connectivity index (χ4v) is 3.52. The summed E-state index contributed by atoms with van der Waals surface area (Å²) in [5.74, 6) is 0. The van der Waals surface area contributed by atoms with Gasteiger partial charge in [-0.1, -0.05) is 6.92 Å². The molecule has 0 aliphatic carbocycles. The van der Waals surface area contributed by atoms with E-state index >= 15 is 0 Å². The van der Waals surface area contributed by atoms with Crippen LogP contribution in [0.4, 0.5) is 5.69 Å². The van der Waals surface area contributed by atoms with Crippen molar-refractivity contribution in [3.8, 4) is 0 Å². The Hall–Kier alpha value is -1.59. The minimum Gasteiger partial charge on any atom is -0.398 e. The van der Waals surface area contributed by atoms with Crippen LogP contribution in [-0.4, -0.2) is 47.3 Å². The van der Waals surface area contributed by atoms with Gasteiger partial charge in [-0.15, -0.1) is 0 Å². The van der Waals surface area contributed by atoms with Gasteiger partial charge in [-0.05, 0) is 38.3 Å². The Morgan fingerprint density at radius 1 is 1.09 bits per heavy atom. The van der Waals surface area contributed by atoms with Crippen LogP contribution in [0.5, 0.6) is 0 Å². The molecule has 1 saturated heterocycles. The number of hydrogen-bond donors (Lipinski definition) is 1. The van der Waals surface area contributed by atoms with Gasteiger partial charge in [0.1, 0.15) is 5.65 Å². The average molecular weight is 316 g/mol. The zero-order valence-electron chi connectivity index (χ0n) is 14.8. The molecular weight excluding hydrogens is 288 g/mol. The summed E-state index contributed by atoms with van der Waals surface area (Å²) in [5.41, 5.74) is 13.2. The van der Waals surface area contributed by atoms with Gasteiger partial charge < -0.3 is 15.0 Å². The number of hydrogen-bond acceptors (Lipinski definition) is 4. The van der Waals surface area contributed by atoms with Crippen molar-refractivity contribution in [1.82, 2.24) is 14.5 Å². The fraction of sp³-hybridized carbons (Fsp3) is 0.611. The van der Waals surface area contributed by atoms with E-state index in [1.807, 2.05) is 0 Å². The SMILES string of the molecule is CCc1nc2c(c(C)c(C)n2CCN2CCOCC2)c(N)c1C. The molecule has 1 aliphatic rings. The van der Waals surface area contributed by atoms with Gasteiger partial charge in [0.05, 0.1) is 13.2 Å². The molecule has 0 radical (unpaired) electrons. The second-order valence-electron chi connectivity index (χ2n) is 6.47. The number of morpholine rings is 1. The van der Waals surface area contributed by atoms with Crippen LogP contribution in [0.2, 0.25) is 0 Å². The third-order valence-electron chi connectivity index (χ3n) is 5.23. The van der Waals surface area contributed by atoms with Gasteiger partial charge in [-0.25, -0.2) is 4.98 Å². The molecule has 0 spiro atoms. The topological polar surface area (TPSA) is 56.3 Å². The van der Waals surface area contributed by atoms with Crippen LogP contribution in [-0.2, 0) is 17.7 Å². The highest BCUT2D eigenvalue weighted by molar-refractivity contribution is 5.94. The van der Waals surface area contributed by atoms with Crippen LogP contribution < -0.4 is 5.73 Å². The standard InChI is InChI=1S/C18H28N4O/c1-5-15-13(3)17(19)16-12(2)14(4)22(18(16)20-15)7-6-21-8-10-23-11-9-21/h5-11H2,1-4H3,(H2,19,20). The number of aromatic nitrogens is 2. The first-order chi connectivity index (χ1) is 11.0. The van der Waals surface area contributed by atoms with Gasteiger partial charge in [0.2, 0.25) is 0 Å². The molecule has 23 heavy (non-hydrogen) atoms. The third kappa shape index (κ3) is 2.83. The van der Waals surface area contributed by atoms with Crippen LogP contribution in [0.15, 0.2) is 0 Å². The van der Waals surface area contributed by atoms with Gasteiger partial charge in [-0.3, -0.25) is 4.90 Å². The lowest BCUT2D eigenvalue weighted by molar-refractivity contribution is 0.0364. The van der Waals surface area contributed by atoms with Crippen molar-refractivity contribution < 1.29 is 4.74 Å². The lowest BCUT2D eigenvalue weighted by Gasteiger charge is -2.27. The van der Waals surface area contributed by atoms with E-state index in [1.165, 1.54) is 11.3 Å². The highest BCUT2D eigenvalue weighted by Crippen LogP contribution is 2.32. The van der Waals surface area contributed by atoms with Crippen molar-refractivity contribution in [3.05, 3.63) is 22.5 Å². The van der Waals surface area contributed by atoms with Crippen molar-refractivity contribution in [2.45, 2.75) is 40.7 Å². The Morgan fingerprint density at radius 2 is 1.78 bits per heavy atom. The van der Waals surface area contributed by atoms with E-state index in [0.29, 0.717) is 0 Å². The maximum atomic E-state index is 6.44. The summed E-state index contributed by atoms with van der Waals surface area (Å²) in [6.07, 6.45) is 0.915. The van der Waals surface area contributed by atoms with E-state index in [1.54, 1.807) is 0 Å². The van der Waals surface area contributed by atoms with Crippen molar-refractivity contribution >= 4 is 16.7 Å². The second kappa shape index (κ2) is 6.49. The molecule has 1 aliphatic heterocycles. The van der Waals surface area contributed by atoms with Crippen LogP contribution in [0.1, 0.15) is 29.4 Å². The van der Waals surface area contributed by atoms with Crippen molar-refractivity contribution in [1.29, 1.82) is 0 Å². The van der Waals surface area contributed by atoms with Crippen LogP contribution in [0.25, 0.3) is 11.0 Å². The van der Waals surface area contributed by atoms with Gasteiger partial charge >= 0.3 is 0 Å². The molecule has 1 fully saturated rings. The Labute approximate surface area is 138 Å². The summed E-state index contributed by atoms with van der Waals surface area (Å²) in [5, 5.41) is 1.14. The molecule has 0 aromatic carbocycles. The first kappa shape index (κ1) is 16.3. The number of fused-ring (bicyclic) bond motifs is 1. The highest BCUT2D eigenvalue weighted by Gasteiger charge is 2.19. The molecule has 3 heterocycles. The van der Waals surface area contributed by atoms with E-state index in [2.05, 4.69) is 37.2 Å². The van der Waals surface area contributed by atoms with E-state index in [9.17, 15) is 0 Å². The Kier molecular flexibility index (Phi) is 4.60. The number of ether oxygens (including phenoxy) is 1. The molecule has 126 valence electrons. The van der Waals surface area contributed by atoms with Gasteiger partial charge in [0, 0.05) is 48.6 Å². The Bertz CT molecular complexity index is 714. The molecule has 0 saturated carbocycles. The van der Waals surface area contributed by atoms with E-state index < -0.39 is 0 Å². The monoisotopic (exact) mass is 316 g/mol. The number of rotatable bonds is 4. The first-order valence-corrected chi connectivity index (χ1v) is 8.59. The number of nitrogens with two attached hydrogens (primary N) is 1. The normalized spacial score (nSPS) is 16.3. The highest BCUT2D eigenvalue weighted by atomic mass is 16.5. The van der Waals surface area contributed by atoms with E-state index in [-0.39, 0.29) is 0 Å². The molecule has 0 amide bonds. The molecule has 0 bridgehead atoms. The Balaban J connectivity index is 1.98. The summed E-state index contributed by atoms with van der Waals surface area (Å²) >= 11 is 0. The zero-order valence-corrected chi connectivity index (χ0v) is 14.8. The molecule has 0 atom stereocenters. The number of pyridine rings is 1. The smallest absolute Gasteiger partial charge is 0.142 e. The second-order valence-corrected chi connectivity index (χ2v) is 6.47. The first-order valence-electron chi connectivity index (χ1n) is 8.59. The van der Waals surface area contributed by atoms with Crippen LogP contribution in [0.3, 0.4) is 0 Å². The van der Waals surface area contributed by atoms with Crippen molar-refractivity contribution in [3.63, 3.8) is 0 Å². The van der Waals surface area contributed by atoms with Gasteiger partial charge in [-0.2, -0.15) is 0 Å². The van der Waals surface area contributed by atoms with Crippen LogP contribution >= 0.6 is 0 Å². The molecule has 0 unspecified atom stereocenters. The maximum absolute atomic E-state index is 6.44. The summed E-state index contributed by atoms with van der Waals surface area (Å²) in [6.45, 7) is 14.3. The summed E-state index contributed by atoms with van der Waals surface area (Å²) in [4.78, 5) is 7.40. The molecule has 5 heteroatoms. The van der Waals surface area contributed by atoms with E-state index in [4.69, 9.17) is 15.5 Å². The quantitative estimate of drug-likeness (QED) is 0.941. The van der Waals surface area contributed by atoms with Crippen molar-refractivity contribution in [2.24, 2.45) is 0 Å². The number of nitrogens with zero attached hydrogens (tertiary/aromatic N) is 3. The molecular formula is C18H28N4O. The Morgan fingerprint density at radius 3 is 2.43 bits per heavy atom. The number of nitrogen functional groups attached to an aromatic ring is 1. The van der Waals surface area contributed by atoms with Crippen molar-refractivity contribution in [2.75, 3.05) is 38.6 Å². The zero-order chi connectivity index (χ0) is 16.6. The molecule has 2 N–H and O–H groups in total. The molecule has 2 aromatic heterocycles. The van der Waals surface area contributed by atoms with E-state index in [0.717, 1.165) is 73.8 Å². The average Bonchev–Trinajstić information content (AvgIpc) is 2.81. The van der Waals surface area contributed by atoms with Gasteiger partial charge in [0.15, 0.2) is 0 Å². The minimum atomic E-state index is 0.842.